The lowest BCUT2D eigenvalue weighted by molar-refractivity contribution is -0.153. The molecule has 0 aromatic heterocycles. The van der Waals surface area contributed by atoms with E-state index in [-0.39, 0.29) is 0 Å². The van der Waals surface area contributed by atoms with Crippen molar-refractivity contribution >= 4 is 18.0 Å². The van der Waals surface area contributed by atoms with Crippen molar-refractivity contribution in [1.29, 1.82) is 5.26 Å². The van der Waals surface area contributed by atoms with E-state index in [4.69, 9.17) is 14.2 Å². The summed E-state index contributed by atoms with van der Waals surface area (Å²) < 4.78 is 17.1. The predicted molar refractivity (Wildman–Crippen MR) is 160 cm³/mol. The fourth-order valence-corrected chi connectivity index (χ4v) is 6.52. The highest BCUT2D eigenvalue weighted by Crippen LogP contribution is 2.60. The molecule has 2 heterocycles. The Morgan fingerprint density at radius 1 is 0.837 bits per heavy atom. The van der Waals surface area contributed by atoms with Crippen LogP contribution >= 0.6 is 0 Å². The average Bonchev–Trinajstić information content (AvgIpc) is 3.39. The van der Waals surface area contributed by atoms with E-state index < -0.39 is 41.5 Å². The molecule has 7 nitrogen and oxygen atoms in total. The van der Waals surface area contributed by atoms with E-state index >= 15 is 0 Å². The van der Waals surface area contributed by atoms with E-state index in [0.29, 0.717) is 11.3 Å². The first-order valence-electron chi connectivity index (χ1n) is 14.0. The first-order valence-corrected chi connectivity index (χ1v) is 14.0. The zero-order chi connectivity index (χ0) is 30.0. The number of rotatable bonds is 7. The average molecular weight is 571 g/mol. The molecule has 0 aliphatic carbocycles. The highest BCUT2D eigenvalue weighted by Gasteiger charge is 2.68. The molecule has 43 heavy (non-hydrogen) atoms. The molecule has 0 bridgehead atoms. The summed E-state index contributed by atoms with van der Waals surface area (Å²) >= 11 is 0. The van der Waals surface area contributed by atoms with Gasteiger partial charge in [-0.2, -0.15) is 5.26 Å². The monoisotopic (exact) mass is 570 g/mol. The molecule has 1 fully saturated rings. The number of fused-ring (bicyclic) bond motifs is 3. The van der Waals surface area contributed by atoms with E-state index in [1.165, 1.54) is 7.11 Å². The number of hydrogen-bond donors (Lipinski definition) is 0. The summed E-state index contributed by atoms with van der Waals surface area (Å²) in [5, 5.41) is 11.0. The Labute approximate surface area is 250 Å². The van der Waals surface area contributed by atoms with Crippen LogP contribution < -0.4 is 4.74 Å². The summed E-state index contributed by atoms with van der Waals surface area (Å²) in [4.78, 5) is 30.3. The molecule has 7 heteroatoms. The second kappa shape index (κ2) is 11.5. The van der Waals surface area contributed by atoms with Crippen LogP contribution in [0.4, 0.5) is 0 Å². The smallest absolute Gasteiger partial charge is 0.330 e. The van der Waals surface area contributed by atoms with Crippen LogP contribution in [0.15, 0.2) is 115 Å². The molecule has 1 saturated heterocycles. The number of nitrogens with zero attached hydrogens (tertiary/aromatic N) is 2. The van der Waals surface area contributed by atoms with Crippen molar-refractivity contribution in [2.24, 2.45) is 5.41 Å². The molecule has 4 unspecified atom stereocenters. The highest BCUT2D eigenvalue weighted by molar-refractivity contribution is 5.89. The van der Waals surface area contributed by atoms with E-state index in [1.807, 2.05) is 91.0 Å². The van der Waals surface area contributed by atoms with E-state index in [2.05, 4.69) is 6.07 Å². The van der Waals surface area contributed by atoms with Crippen LogP contribution in [0.25, 0.3) is 6.08 Å². The van der Waals surface area contributed by atoms with E-state index in [1.54, 1.807) is 42.5 Å². The van der Waals surface area contributed by atoms with Gasteiger partial charge in [-0.15, -0.1) is 0 Å². The lowest BCUT2D eigenvalue weighted by atomic mass is 9.67. The third-order valence-electron chi connectivity index (χ3n) is 8.44. The second-order valence-electron chi connectivity index (χ2n) is 10.6. The molecule has 0 radical (unpaired) electrons. The summed E-state index contributed by atoms with van der Waals surface area (Å²) in [7, 11) is 2.84. The van der Waals surface area contributed by atoms with Gasteiger partial charge in [0.05, 0.1) is 26.3 Å². The van der Waals surface area contributed by atoms with Gasteiger partial charge in [-0.1, -0.05) is 97.1 Å². The normalized spacial score (nSPS) is 21.8. The Morgan fingerprint density at radius 2 is 1.44 bits per heavy atom. The fraction of sp³-hybridized carbons (Fsp3) is 0.194. The Hall–Kier alpha value is -5.35. The van der Waals surface area contributed by atoms with Gasteiger partial charge in [0.1, 0.15) is 11.8 Å². The molecule has 0 spiro atoms. The van der Waals surface area contributed by atoms with Gasteiger partial charge in [-0.25, -0.2) is 4.79 Å². The third-order valence-corrected chi connectivity index (χ3v) is 8.44. The summed E-state index contributed by atoms with van der Waals surface area (Å²) in [6.07, 6.45) is 2.98. The number of benzene rings is 4. The zero-order valence-corrected chi connectivity index (χ0v) is 23.8. The minimum Gasteiger partial charge on any atom is -0.497 e. The maximum absolute atomic E-state index is 14.6. The van der Waals surface area contributed by atoms with Crippen molar-refractivity contribution in [1.82, 2.24) is 4.90 Å². The summed E-state index contributed by atoms with van der Waals surface area (Å²) in [6, 6.07) is 34.2. The molecule has 4 aromatic rings. The lowest BCUT2D eigenvalue weighted by Gasteiger charge is -2.36. The highest BCUT2D eigenvalue weighted by atomic mass is 16.5. The van der Waals surface area contributed by atoms with Crippen LogP contribution in [0.3, 0.4) is 0 Å². The van der Waals surface area contributed by atoms with Crippen molar-refractivity contribution in [3.63, 3.8) is 0 Å². The molecule has 4 aromatic carbocycles. The van der Waals surface area contributed by atoms with Gasteiger partial charge in [-0.05, 0) is 46.0 Å². The molecule has 0 N–H and O–H groups in total. The summed E-state index contributed by atoms with van der Waals surface area (Å²) in [6.45, 7) is 0. The van der Waals surface area contributed by atoms with Crippen LogP contribution in [-0.4, -0.2) is 37.1 Å². The third kappa shape index (κ3) is 4.61. The summed E-state index contributed by atoms with van der Waals surface area (Å²) in [5.41, 5.74) is 2.07. The summed E-state index contributed by atoms with van der Waals surface area (Å²) in [5.74, 6) is -1.60. The van der Waals surface area contributed by atoms with Crippen molar-refractivity contribution in [3.8, 4) is 11.8 Å². The van der Waals surface area contributed by atoms with Gasteiger partial charge in [-0.3, -0.25) is 4.79 Å². The van der Waals surface area contributed by atoms with Gasteiger partial charge in [0, 0.05) is 12.1 Å². The Balaban J connectivity index is 1.54. The second-order valence-corrected chi connectivity index (χ2v) is 10.6. The molecular weight excluding hydrogens is 540 g/mol. The van der Waals surface area contributed by atoms with Crippen LogP contribution in [0.2, 0.25) is 0 Å². The number of nitriles is 1. The van der Waals surface area contributed by atoms with Crippen LogP contribution in [-0.2, 0) is 19.1 Å². The fourth-order valence-electron chi connectivity index (χ4n) is 6.52. The number of ether oxygens (including phenoxy) is 3. The molecular formula is C36H30N2O5. The zero-order valence-electron chi connectivity index (χ0n) is 23.8. The predicted octanol–water partition coefficient (Wildman–Crippen LogP) is 6.20. The maximum Gasteiger partial charge on any atom is 0.330 e. The quantitative estimate of drug-likeness (QED) is 0.244. The van der Waals surface area contributed by atoms with Crippen LogP contribution in [0.1, 0.15) is 45.9 Å². The maximum atomic E-state index is 14.6. The topological polar surface area (TPSA) is 88.9 Å². The van der Waals surface area contributed by atoms with Gasteiger partial charge in [0.25, 0.3) is 0 Å². The molecule has 214 valence electrons. The minimum absolute atomic E-state index is 0.561. The first kappa shape index (κ1) is 27.8. The van der Waals surface area contributed by atoms with Crippen molar-refractivity contribution < 1.29 is 23.8 Å². The van der Waals surface area contributed by atoms with Gasteiger partial charge < -0.3 is 19.1 Å². The Kier molecular flexibility index (Phi) is 7.43. The Morgan fingerprint density at radius 3 is 2.02 bits per heavy atom. The SMILES string of the molecule is COC(=O)C1(C#N)C(c2ccc(OC)cc2)C(C(=O)OC(c2ccccc2)c2ccccc2)N2C=Cc3ccccc3C21. The Bertz CT molecular complexity index is 1660. The van der Waals surface area contributed by atoms with Gasteiger partial charge >= 0.3 is 11.9 Å². The van der Waals surface area contributed by atoms with Gasteiger partial charge in [0.15, 0.2) is 11.5 Å². The number of carbonyl (C=O) groups is 2. The number of carbonyl (C=O) groups excluding carboxylic acids is 2. The standard InChI is InChI=1S/C36H30N2O5/c1-41-28-19-17-25(18-20-28)30-31(34(39)43-32(26-12-5-3-6-13-26)27-14-7-4-8-15-27)38-22-21-24-11-9-10-16-29(24)33(38)36(30,23-37)35(40)42-2/h3-22,30-33H,1-2H3. The molecule has 2 aliphatic heterocycles. The lowest BCUT2D eigenvalue weighted by Crippen LogP contribution is -2.41. The number of hydrogen-bond acceptors (Lipinski definition) is 7. The minimum atomic E-state index is -1.77. The van der Waals surface area contributed by atoms with Crippen molar-refractivity contribution in [2.45, 2.75) is 24.1 Å². The molecule has 0 amide bonds. The number of methoxy groups -OCH3 is 2. The van der Waals surface area contributed by atoms with E-state index in [0.717, 1.165) is 22.3 Å². The molecule has 2 aliphatic rings. The van der Waals surface area contributed by atoms with Crippen molar-refractivity contribution in [3.05, 3.63) is 143 Å². The van der Waals surface area contributed by atoms with Crippen molar-refractivity contribution in [2.75, 3.05) is 14.2 Å². The first-order chi connectivity index (χ1) is 21.0. The van der Waals surface area contributed by atoms with Gasteiger partial charge in [0.2, 0.25) is 0 Å². The molecule has 0 saturated carbocycles. The number of esters is 2. The van der Waals surface area contributed by atoms with E-state index in [9.17, 15) is 14.9 Å². The molecule has 6 rings (SSSR count). The van der Waals surface area contributed by atoms with Crippen LogP contribution in [0.5, 0.6) is 5.75 Å². The van der Waals surface area contributed by atoms with Crippen LogP contribution in [0, 0.1) is 16.7 Å². The molecule has 4 atom stereocenters. The largest absolute Gasteiger partial charge is 0.497 e.